The molecule has 0 unspecified atom stereocenters. The van der Waals surface area contributed by atoms with Crippen molar-refractivity contribution in [1.82, 2.24) is 20.0 Å². The van der Waals surface area contributed by atoms with Gasteiger partial charge in [0, 0.05) is 17.8 Å². The number of aromatic nitrogens is 4. The number of rotatable bonds is 3. The van der Waals surface area contributed by atoms with Crippen molar-refractivity contribution in [3.63, 3.8) is 0 Å². The van der Waals surface area contributed by atoms with Crippen molar-refractivity contribution in [2.45, 2.75) is 52.0 Å². The van der Waals surface area contributed by atoms with E-state index in [0.29, 0.717) is 0 Å². The average molecular weight is 246 g/mol. The Kier molecular flexibility index (Phi) is 3.05. The van der Waals surface area contributed by atoms with Crippen molar-refractivity contribution >= 4 is 0 Å². The summed E-state index contributed by atoms with van der Waals surface area (Å²) in [6, 6.07) is 0. The lowest BCUT2D eigenvalue weighted by Gasteiger charge is -2.23. The molecular formula is C14H22N4. The molecule has 98 valence electrons. The second-order valence-electron chi connectivity index (χ2n) is 6.55. The molecule has 0 atom stereocenters. The minimum atomic E-state index is 0.0220. The Morgan fingerprint density at radius 3 is 2.33 bits per heavy atom. The molecule has 1 N–H and O–H groups in total. The van der Waals surface area contributed by atoms with Crippen LogP contribution in [-0.2, 0) is 17.4 Å². The molecule has 4 nitrogen and oxygen atoms in total. The molecule has 0 spiro atoms. The summed E-state index contributed by atoms with van der Waals surface area (Å²) in [6.45, 7) is 11.9. The highest BCUT2D eigenvalue weighted by Crippen LogP contribution is 2.26. The quantitative estimate of drug-likeness (QED) is 0.905. The molecular weight excluding hydrogens is 224 g/mol. The average Bonchev–Trinajstić information content (AvgIpc) is 2.83. The Morgan fingerprint density at radius 1 is 1.11 bits per heavy atom. The molecule has 0 amide bonds. The second-order valence-corrected chi connectivity index (χ2v) is 6.55. The number of aromatic amines is 1. The molecule has 0 radical (unpaired) electrons. The Balaban J connectivity index is 2.17. The van der Waals surface area contributed by atoms with E-state index in [1.807, 2.05) is 23.3 Å². The molecule has 0 fully saturated rings. The number of H-pyrrole nitrogens is 1. The first kappa shape index (κ1) is 12.9. The van der Waals surface area contributed by atoms with Crippen molar-refractivity contribution < 1.29 is 0 Å². The van der Waals surface area contributed by atoms with E-state index in [0.717, 1.165) is 6.54 Å². The van der Waals surface area contributed by atoms with E-state index in [1.54, 1.807) is 0 Å². The minimum absolute atomic E-state index is 0.0220. The van der Waals surface area contributed by atoms with Crippen LogP contribution in [0.4, 0.5) is 0 Å². The molecule has 2 heterocycles. The molecule has 2 aromatic rings. The molecule has 18 heavy (non-hydrogen) atoms. The maximum absolute atomic E-state index is 4.46. The Hall–Kier alpha value is -1.58. The fourth-order valence-corrected chi connectivity index (χ4v) is 1.95. The predicted octanol–water partition coefficient (Wildman–Crippen LogP) is 2.88. The zero-order valence-electron chi connectivity index (χ0n) is 11.9. The summed E-state index contributed by atoms with van der Waals surface area (Å²) in [6.07, 6.45) is 7.94. The zero-order valence-corrected chi connectivity index (χ0v) is 11.9. The van der Waals surface area contributed by atoms with Crippen molar-refractivity contribution in [2.75, 3.05) is 0 Å². The summed E-state index contributed by atoms with van der Waals surface area (Å²) in [5.41, 5.74) is 2.65. The molecule has 0 saturated heterocycles. The summed E-state index contributed by atoms with van der Waals surface area (Å²) in [5, 5.41) is 11.4. The first-order chi connectivity index (χ1) is 8.29. The van der Waals surface area contributed by atoms with E-state index >= 15 is 0 Å². The molecule has 0 aliphatic carbocycles. The number of hydrogen-bond donors (Lipinski definition) is 1. The highest BCUT2D eigenvalue weighted by atomic mass is 15.3. The van der Waals surface area contributed by atoms with Crippen LogP contribution in [0, 0.1) is 0 Å². The first-order valence-electron chi connectivity index (χ1n) is 6.31. The van der Waals surface area contributed by atoms with Gasteiger partial charge in [-0.15, -0.1) is 0 Å². The lowest BCUT2D eigenvalue weighted by Crippen LogP contribution is -2.24. The largest absolute Gasteiger partial charge is 0.285 e. The third-order valence-corrected chi connectivity index (χ3v) is 3.34. The van der Waals surface area contributed by atoms with Crippen molar-refractivity contribution in [3.8, 4) is 0 Å². The van der Waals surface area contributed by atoms with Crippen LogP contribution in [0.3, 0.4) is 0 Å². The summed E-state index contributed by atoms with van der Waals surface area (Å²) >= 11 is 0. The zero-order chi connectivity index (χ0) is 13.4. The fourth-order valence-electron chi connectivity index (χ4n) is 1.95. The molecule has 0 aromatic carbocycles. The molecule has 2 rings (SSSR count). The lowest BCUT2D eigenvalue weighted by atomic mass is 9.87. The predicted molar refractivity (Wildman–Crippen MR) is 72.5 cm³/mol. The summed E-state index contributed by atoms with van der Waals surface area (Å²) in [5.74, 6) is 0. The van der Waals surface area contributed by atoms with E-state index < -0.39 is 0 Å². The molecule has 0 aliphatic rings. The summed E-state index contributed by atoms with van der Waals surface area (Å²) in [4.78, 5) is 0. The topological polar surface area (TPSA) is 46.5 Å². The van der Waals surface area contributed by atoms with Gasteiger partial charge in [-0.1, -0.05) is 34.6 Å². The highest BCUT2D eigenvalue weighted by Gasteiger charge is 2.24. The van der Waals surface area contributed by atoms with Gasteiger partial charge in [-0.25, -0.2) is 0 Å². The molecule has 0 saturated carbocycles. The standard InChI is InChI=1S/C14H22N4/c1-13(2,3)12-8-17-18(9-12)10-14(4,5)11-6-15-16-7-11/h6-9H,10H2,1-5H3,(H,15,16). The van der Waals surface area contributed by atoms with Crippen molar-refractivity contribution in [3.05, 3.63) is 35.9 Å². The molecule has 2 aromatic heterocycles. The van der Waals surface area contributed by atoms with Gasteiger partial charge in [-0.05, 0) is 16.5 Å². The fraction of sp³-hybridized carbons (Fsp3) is 0.571. The van der Waals surface area contributed by atoms with E-state index in [2.05, 4.69) is 56.1 Å². The van der Waals surface area contributed by atoms with E-state index in [1.165, 1.54) is 11.1 Å². The smallest absolute Gasteiger partial charge is 0.0527 e. The van der Waals surface area contributed by atoms with Crippen LogP contribution in [-0.4, -0.2) is 20.0 Å². The van der Waals surface area contributed by atoms with E-state index in [-0.39, 0.29) is 10.8 Å². The maximum Gasteiger partial charge on any atom is 0.0527 e. The monoisotopic (exact) mass is 246 g/mol. The van der Waals surface area contributed by atoms with Gasteiger partial charge in [0.2, 0.25) is 0 Å². The summed E-state index contributed by atoms with van der Waals surface area (Å²) in [7, 11) is 0. The third kappa shape index (κ3) is 2.63. The van der Waals surface area contributed by atoms with Crippen LogP contribution in [0.15, 0.2) is 24.8 Å². The van der Waals surface area contributed by atoms with Crippen LogP contribution >= 0.6 is 0 Å². The summed E-state index contributed by atoms with van der Waals surface area (Å²) < 4.78 is 2.02. The van der Waals surface area contributed by atoms with Gasteiger partial charge >= 0.3 is 0 Å². The van der Waals surface area contributed by atoms with Crippen LogP contribution in [0.5, 0.6) is 0 Å². The van der Waals surface area contributed by atoms with Gasteiger partial charge < -0.3 is 0 Å². The molecule has 4 heteroatoms. The Bertz CT molecular complexity index is 500. The van der Waals surface area contributed by atoms with E-state index in [4.69, 9.17) is 0 Å². The normalized spacial score (nSPS) is 12.9. The van der Waals surface area contributed by atoms with Gasteiger partial charge in [-0.3, -0.25) is 9.78 Å². The number of hydrogen-bond acceptors (Lipinski definition) is 2. The van der Waals surface area contributed by atoms with Crippen LogP contribution in [0.1, 0.15) is 45.7 Å². The molecule has 0 bridgehead atoms. The molecule has 0 aliphatic heterocycles. The van der Waals surface area contributed by atoms with Gasteiger partial charge in [0.1, 0.15) is 0 Å². The van der Waals surface area contributed by atoms with Gasteiger partial charge in [0.15, 0.2) is 0 Å². The van der Waals surface area contributed by atoms with Crippen LogP contribution < -0.4 is 0 Å². The van der Waals surface area contributed by atoms with Crippen molar-refractivity contribution in [2.24, 2.45) is 0 Å². The Labute approximate surface area is 108 Å². The lowest BCUT2D eigenvalue weighted by molar-refractivity contribution is 0.407. The number of nitrogens with zero attached hydrogens (tertiary/aromatic N) is 3. The third-order valence-electron chi connectivity index (χ3n) is 3.34. The first-order valence-corrected chi connectivity index (χ1v) is 6.31. The highest BCUT2D eigenvalue weighted by molar-refractivity contribution is 5.18. The van der Waals surface area contributed by atoms with Gasteiger partial charge in [-0.2, -0.15) is 10.2 Å². The SMILES string of the molecule is CC(C)(C)c1cnn(CC(C)(C)c2cn[nH]c2)c1. The van der Waals surface area contributed by atoms with Gasteiger partial charge in [0.05, 0.1) is 18.9 Å². The second kappa shape index (κ2) is 4.26. The maximum atomic E-state index is 4.46. The van der Waals surface area contributed by atoms with Crippen LogP contribution in [0.25, 0.3) is 0 Å². The van der Waals surface area contributed by atoms with E-state index in [9.17, 15) is 0 Å². The Morgan fingerprint density at radius 2 is 1.83 bits per heavy atom. The van der Waals surface area contributed by atoms with Gasteiger partial charge in [0.25, 0.3) is 0 Å². The van der Waals surface area contributed by atoms with Crippen LogP contribution in [0.2, 0.25) is 0 Å². The number of nitrogens with one attached hydrogen (secondary N) is 1. The van der Waals surface area contributed by atoms with Crippen molar-refractivity contribution in [1.29, 1.82) is 0 Å². The minimum Gasteiger partial charge on any atom is -0.285 e.